The molecule has 2 rings (SSSR count). The van der Waals surface area contributed by atoms with Crippen molar-refractivity contribution in [1.29, 1.82) is 0 Å². The van der Waals surface area contributed by atoms with Gasteiger partial charge in [0.05, 0.1) is 11.9 Å². The molecule has 3 nitrogen and oxygen atoms in total. The Balaban J connectivity index is 2.47. The fraction of sp³-hybridized carbons (Fsp3) is 0.286. The van der Waals surface area contributed by atoms with Gasteiger partial charge in [0.2, 0.25) is 0 Å². The molecule has 2 aromatic heterocycles. The van der Waals surface area contributed by atoms with E-state index in [0.29, 0.717) is 5.92 Å². The van der Waals surface area contributed by atoms with Crippen LogP contribution < -0.4 is 5.56 Å². The van der Waals surface area contributed by atoms with Crippen LogP contribution >= 0.6 is 0 Å². The Morgan fingerprint density at radius 2 is 2.00 bits per heavy atom. The minimum Gasteiger partial charge on any atom is -0.283 e. The van der Waals surface area contributed by atoms with Crippen LogP contribution in [0.25, 0.3) is 5.69 Å². The van der Waals surface area contributed by atoms with Gasteiger partial charge in [0, 0.05) is 17.5 Å². The SMILES string of the molecule is Cc1cccn(-c2ccc(C(C)C)nc2)c1=O. The highest BCUT2D eigenvalue weighted by molar-refractivity contribution is 5.31. The number of aryl methyl sites for hydroxylation is 1. The van der Waals surface area contributed by atoms with Crippen LogP contribution in [0.1, 0.15) is 31.0 Å². The third-order valence-electron chi connectivity index (χ3n) is 2.78. The van der Waals surface area contributed by atoms with Crippen molar-refractivity contribution in [3.05, 3.63) is 58.3 Å². The largest absolute Gasteiger partial charge is 0.283 e. The van der Waals surface area contributed by atoms with Crippen molar-refractivity contribution in [2.75, 3.05) is 0 Å². The van der Waals surface area contributed by atoms with E-state index in [1.54, 1.807) is 17.0 Å². The van der Waals surface area contributed by atoms with Crippen LogP contribution in [0, 0.1) is 6.92 Å². The molecule has 0 spiro atoms. The minimum atomic E-state index is 0.00611. The fourth-order valence-electron chi connectivity index (χ4n) is 1.69. The van der Waals surface area contributed by atoms with Gasteiger partial charge in [0.25, 0.3) is 5.56 Å². The van der Waals surface area contributed by atoms with E-state index in [4.69, 9.17) is 0 Å². The van der Waals surface area contributed by atoms with E-state index in [1.807, 2.05) is 31.2 Å². The Morgan fingerprint density at radius 3 is 2.59 bits per heavy atom. The molecule has 0 saturated carbocycles. The molecule has 2 heterocycles. The zero-order chi connectivity index (χ0) is 12.4. The van der Waals surface area contributed by atoms with Crippen LogP contribution in [0.15, 0.2) is 41.5 Å². The van der Waals surface area contributed by atoms with Crippen molar-refractivity contribution in [1.82, 2.24) is 9.55 Å². The Labute approximate surface area is 101 Å². The van der Waals surface area contributed by atoms with Crippen molar-refractivity contribution < 1.29 is 0 Å². The first-order chi connectivity index (χ1) is 8.09. The zero-order valence-corrected chi connectivity index (χ0v) is 10.3. The third kappa shape index (κ3) is 2.28. The van der Waals surface area contributed by atoms with Gasteiger partial charge in [-0.3, -0.25) is 14.3 Å². The average Bonchev–Trinajstić information content (AvgIpc) is 2.33. The summed E-state index contributed by atoms with van der Waals surface area (Å²) in [5, 5.41) is 0. The second-order valence-corrected chi connectivity index (χ2v) is 4.46. The fourth-order valence-corrected chi connectivity index (χ4v) is 1.69. The molecule has 0 aliphatic heterocycles. The Hall–Kier alpha value is -1.90. The number of rotatable bonds is 2. The molecular formula is C14H16N2O. The highest BCUT2D eigenvalue weighted by Crippen LogP contribution is 2.12. The Morgan fingerprint density at radius 1 is 1.24 bits per heavy atom. The van der Waals surface area contributed by atoms with E-state index in [-0.39, 0.29) is 5.56 Å². The van der Waals surface area contributed by atoms with Crippen molar-refractivity contribution in [2.24, 2.45) is 0 Å². The van der Waals surface area contributed by atoms with Crippen molar-refractivity contribution in [2.45, 2.75) is 26.7 Å². The number of hydrogen-bond donors (Lipinski definition) is 0. The normalized spacial score (nSPS) is 10.8. The van der Waals surface area contributed by atoms with E-state index >= 15 is 0 Å². The Bertz CT molecular complexity index is 568. The van der Waals surface area contributed by atoms with E-state index in [9.17, 15) is 4.79 Å². The summed E-state index contributed by atoms with van der Waals surface area (Å²) in [4.78, 5) is 16.3. The molecule has 0 N–H and O–H groups in total. The summed E-state index contributed by atoms with van der Waals surface area (Å²) in [6, 6.07) is 7.58. The summed E-state index contributed by atoms with van der Waals surface area (Å²) in [6.45, 7) is 6.01. The van der Waals surface area contributed by atoms with Crippen molar-refractivity contribution >= 4 is 0 Å². The van der Waals surface area contributed by atoms with Gasteiger partial charge in [-0.1, -0.05) is 19.9 Å². The van der Waals surface area contributed by atoms with Crippen LogP contribution in [0.2, 0.25) is 0 Å². The minimum absolute atomic E-state index is 0.00611. The quantitative estimate of drug-likeness (QED) is 0.792. The van der Waals surface area contributed by atoms with Gasteiger partial charge in [-0.25, -0.2) is 0 Å². The maximum Gasteiger partial charge on any atom is 0.258 e. The third-order valence-corrected chi connectivity index (χ3v) is 2.78. The highest BCUT2D eigenvalue weighted by Gasteiger charge is 2.04. The van der Waals surface area contributed by atoms with E-state index in [0.717, 1.165) is 16.9 Å². The standard InChI is InChI=1S/C14H16N2O/c1-10(2)13-7-6-12(9-15-13)16-8-4-5-11(3)14(16)17/h4-10H,1-3H3. The molecule has 0 saturated heterocycles. The maximum absolute atomic E-state index is 11.9. The van der Waals surface area contributed by atoms with Gasteiger partial charge in [0.15, 0.2) is 0 Å². The van der Waals surface area contributed by atoms with Crippen LogP contribution in [-0.2, 0) is 0 Å². The molecule has 17 heavy (non-hydrogen) atoms. The monoisotopic (exact) mass is 228 g/mol. The smallest absolute Gasteiger partial charge is 0.258 e. The van der Waals surface area contributed by atoms with Gasteiger partial charge >= 0.3 is 0 Å². The lowest BCUT2D eigenvalue weighted by molar-refractivity contribution is 0.817. The number of hydrogen-bond acceptors (Lipinski definition) is 2. The summed E-state index contributed by atoms with van der Waals surface area (Å²) >= 11 is 0. The molecule has 3 heteroatoms. The molecule has 0 aromatic carbocycles. The summed E-state index contributed by atoms with van der Waals surface area (Å²) in [5.74, 6) is 0.401. The van der Waals surface area contributed by atoms with E-state index in [1.165, 1.54) is 0 Å². The summed E-state index contributed by atoms with van der Waals surface area (Å²) in [7, 11) is 0. The van der Waals surface area contributed by atoms with Crippen molar-refractivity contribution in [3.8, 4) is 5.69 Å². The van der Waals surface area contributed by atoms with E-state index < -0.39 is 0 Å². The molecule has 0 aliphatic carbocycles. The second kappa shape index (κ2) is 4.53. The van der Waals surface area contributed by atoms with Gasteiger partial charge in [-0.15, -0.1) is 0 Å². The van der Waals surface area contributed by atoms with Gasteiger partial charge in [-0.05, 0) is 31.0 Å². The molecule has 0 unspecified atom stereocenters. The molecule has 2 aromatic rings. The molecule has 0 amide bonds. The molecule has 0 fully saturated rings. The van der Waals surface area contributed by atoms with Crippen LogP contribution in [-0.4, -0.2) is 9.55 Å². The lowest BCUT2D eigenvalue weighted by Gasteiger charge is -2.08. The summed E-state index contributed by atoms with van der Waals surface area (Å²) < 4.78 is 1.62. The van der Waals surface area contributed by atoms with Gasteiger partial charge in [-0.2, -0.15) is 0 Å². The second-order valence-electron chi connectivity index (χ2n) is 4.46. The average molecular weight is 228 g/mol. The predicted octanol–water partition coefficient (Wildman–Crippen LogP) is 2.66. The molecular weight excluding hydrogens is 212 g/mol. The predicted molar refractivity (Wildman–Crippen MR) is 68.7 cm³/mol. The van der Waals surface area contributed by atoms with E-state index in [2.05, 4.69) is 18.8 Å². The van der Waals surface area contributed by atoms with Gasteiger partial charge < -0.3 is 0 Å². The maximum atomic E-state index is 11.9. The van der Waals surface area contributed by atoms with Gasteiger partial charge in [0.1, 0.15) is 0 Å². The van der Waals surface area contributed by atoms with Crippen LogP contribution in [0.5, 0.6) is 0 Å². The lowest BCUT2D eigenvalue weighted by Crippen LogP contribution is -2.19. The van der Waals surface area contributed by atoms with Crippen LogP contribution in [0.3, 0.4) is 0 Å². The molecule has 0 radical (unpaired) electrons. The number of pyridine rings is 2. The first kappa shape index (κ1) is 11.6. The summed E-state index contributed by atoms with van der Waals surface area (Å²) in [6.07, 6.45) is 3.51. The molecule has 88 valence electrons. The molecule has 0 atom stereocenters. The Kier molecular flexibility index (Phi) is 3.09. The zero-order valence-electron chi connectivity index (χ0n) is 10.3. The van der Waals surface area contributed by atoms with Crippen molar-refractivity contribution in [3.63, 3.8) is 0 Å². The molecule has 0 bridgehead atoms. The summed E-state index contributed by atoms with van der Waals surface area (Å²) in [5.41, 5.74) is 2.59. The number of aromatic nitrogens is 2. The highest BCUT2D eigenvalue weighted by atomic mass is 16.1. The first-order valence-corrected chi connectivity index (χ1v) is 5.74. The van der Waals surface area contributed by atoms with Crippen LogP contribution in [0.4, 0.5) is 0 Å². The number of nitrogens with zero attached hydrogens (tertiary/aromatic N) is 2. The lowest BCUT2D eigenvalue weighted by atomic mass is 10.1. The first-order valence-electron chi connectivity index (χ1n) is 5.74. The molecule has 0 aliphatic rings. The topological polar surface area (TPSA) is 34.9 Å².